The predicted octanol–water partition coefficient (Wildman–Crippen LogP) is 3.06. The number of hydrogen-bond donors (Lipinski definition) is 2. The summed E-state index contributed by atoms with van der Waals surface area (Å²) in [4.78, 5) is 12.0. The molecule has 17 heavy (non-hydrogen) atoms. The lowest BCUT2D eigenvalue weighted by Crippen LogP contribution is -2.34. The van der Waals surface area contributed by atoms with Gasteiger partial charge in [-0.2, -0.15) is 0 Å². The van der Waals surface area contributed by atoms with Crippen molar-refractivity contribution in [3.63, 3.8) is 0 Å². The van der Waals surface area contributed by atoms with Gasteiger partial charge in [-0.05, 0) is 25.0 Å². The highest BCUT2D eigenvalue weighted by molar-refractivity contribution is 6.44. The van der Waals surface area contributed by atoms with Crippen molar-refractivity contribution in [1.29, 1.82) is 0 Å². The molecule has 0 aromatic heterocycles. The molecule has 1 aliphatic carbocycles. The molecule has 2 unspecified atom stereocenters. The van der Waals surface area contributed by atoms with Crippen LogP contribution in [0.2, 0.25) is 10.0 Å². The lowest BCUT2D eigenvalue weighted by atomic mass is 10.0. The molecule has 0 radical (unpaired) electrons. The zero-order valence-corrected chi connectivity index (χ0v) is 10.8. The summed E-state index contributed by atoms with van der Waals surface area (Å²) in [5.74, 6) is -0.191. The third-order valence-corrected chi connectivity index (χ3v) is 3.93. The Balaban J connectivity index is 2.10. The van der Waals surface area contributed by atoms with Crippen LogP contribution in [0.1, 0.15) is 19.3 Å². The Morgan fingerprint density at radius 2 is 2.12 bits per heavy atom. The van der Waals surface area contributed by atoms with Crippen LogP contribution in [0.3, 0.4) is 0 Å². The number of anilines is 1. The molecule has 1 amide bonds. The minimum Gasteiger partial charge on any atom is -0.327 e. The summed E-state index contributed by atoms with van der Waals surface area (Å²) in [5, 5.41) is 3.59. The van der Waals surface area contributed by atoms with Crippen LogP contribution in [0.4, 0.5) is 5.69 Å². The van der Waals surface area contributed by atoms with Gasteiger partial charge in [0.05, 0.1) is 21.7 Å². The summed E-state index contributed by atoms with van der Waals surface area (Å²) in [5.41, 5.74) is 6.43. The van der Waals surface area contributed by atoms with Gasteiger partial charge in [0.2, 0.25) is 5.91 Å². The summed E-state index contributed by atoms with van der Waals surface area (Å²) in [6, 6.07) is 5.11. The van der Waals surface area contributed by atoms with Crippen LogP contribution in [-0.2, 0) is 4.79 Å². The summed E-state index contributed by atoms with van der Waals surface area (Å²) >= 11 is 11.9. The van der Waals surface area contributed by atoms with Crippen LogP contribution in [-0.4, -0.2) is 11.9 Å². The van der Waals surface area contributed by atoms with Crippen LogP contribution in [0.5, 0.6) is 0 Å². The van der Waals surface area contributed by atoms with Gasteiger partial charge in [-0.25, -0.2) is 0 Å². The summed E-state index contributed by atoms with van der Waals surface area (Å²) in [6.45, 7) is 0. The number of amides is 1. The molecule has 3 N–H and O–H groups in total. The highest BCUT2D eigenvalue weighted by atomic mass is 35.5. The molecule has 1 aromatic rings. The molecule has 92 valence electrons. The third kappa shape index (κ3) is 2.73. The van der Waals surface area contributed by atoms with Gasteiger partial charge in [0.1, 0.15) is 0 Å². The maximum atomic E-state index is 12.0. The second-order valence-electron chi connectivity index (χ2n) is 4.29. The number of hydrogen-bond acceptors (Lipinski definition) is 2. The number of rotatable bonds is 2. The number of nitrogens with one attached hydrogen (secondary N) is 1. The first-order valence-electron chi connectivity index (χ1n) is 5.60. The van der Waals surface area contributed by atoms with Crippen LogP contribution < -0.4 is 11.1 Å². The fourth-order valence-corrected chi connectivity index (χ4v) is 2.49. The number of halogens is 2. The first kappa shape index (κ1) is 12.7. The van der Waals surface area contributed by atoms with Crippen molar-refractivity contribution in [2.45, 2.75) is 25.3 Å². The van der Waals surface area contributed by atoms with E-state index in [1.807, 2.05) is 0 Å². The molecule has 1 saturated carbocycles. The molecule has 2 atom stereocenters. The SMILES string of the molecule is NC1CCCC1C(=O)Nc1cccc(Cl)c1Cl. The van der Waals surface area contributed by atoms with E-state index in [0.29, 0.717) is 15.7 Å². The Labute approximate surface area is 110 Å². The number of carbonyl (C=O) groups excluding carboxylic acids is 1. The van der Waals surface area contributed by atoms with Gasteiger partial charge >= 0.3 is 0 Å². The molecule has 2 rings (SSSR count). The Kier molecular flexibility index (Phi) is 3.92. The molecule has 0 aliphatic heterocycles. The second-order valence-corrected chi connectivity index (χ2v) is 5.08. The van der Waals surface area contributed by atoms with Gasteiger partial charge in [0.25, 0.3) is 0 Å². The Bertz CT molecular complexity index is 437. The minimum absolute atomic E-state index is 0.0482. The molecule has 1 fully saturated rings. The van der Waals surface area contributed by atoms with Gasteiger partial charge in [0.15, 0.2) is 0 Å². The van der Waals surface area contributed by atoms with E-state index in [0.717, 1.165) is 19.3 Å². The Morgan fingerprint density at radius 3 is 2.76 bits per heavy atom. The molecule has 0 saturated heterocycles. The van der Waals surface area contributed by atoms with Gasteiger partial charge in [-0.3, -0.25) is 4.79 Å². The Morgan fingerprint density at radius 1 is 1.35 bits per heavy atom. The van der Waals surface area contributed by atoms with E-state index in [1.54, 1.807) is 18.2 Å². The summed E-state index contributed by atoms with van der Waals surface area (Å²) < 4.78 is 0. The molecule has 1 aromatic carbocycles. The third-order valence-electron chi connectivity index (χ3n) is 3.12. The van der Waals surface area contributed by atoms with Crippen molar-refractivity contribution in [3.8, 4) is 0 Å². The van der Waals surface area contributed by atoms with Crippen LogP contribution in [0, 0.1) is 5.92 Å². The first-order valence-corrected chi connectivity index (χ1v) is 6.35. The van der Waals surface area contributed by atoms with Crippen molar-refractivity contribution < 1.29 is 4.79 Å². The highest BCUT2D eigenvalue weighted by Crippen LogP contribution is 2.31. The molecule has 0 heterocycles. The number of nitrogens with two attached hydrogens (primary N) is 1. The minimum atomic E-state index is -0.120. The monoisotopic (exact) mass is 272 g/mol. The maximum absolute atomic E-state index is 12.0. The van der Waals surface area contributed by atoms with Crippen molar-refractivity contribution in [2.75, 3.05) is 5.32 Å². The quantitative estimate of drug-likeness (QED) is 0.870. The molecule has 0 bridgehead atoms. The average Bonchev–Trinajstić information content (AvgIpc) is 2.71. The standard InChI is InChI=1S/C12H14Cl2N2O/c13-8-4-2-6-10(11(8)14)16-12(17)7-3-1-5-9(7)15/h2,4,6-7,9H,1,3,5,15H2,(H,16,17). The van der Waals surface area contributed by atoms with Crippen molar-refractivity contribution in [2.24, 2.45) is 11.7 Å². The largest absolute Gasteiger partial charge is 0.327 e. The fourth-order valence-electron chi connectivity index (χ4n) is 2.14. The normalized spacial score (nSPS) is 23.7. The van der Waals surface area contributed by atoms with Crippen molar-refractivity contribution in [1.82, 2.24) is 0 Å². The van der Waals surface area contributed by atoms with E-state index in [-0.39, 0.29) is 17.9 Å². The van der Waals surface area contributed by atoms with Crippen molar-refractivity contribution in [3.05, 3.63) is 28.2 Å². The summed E-state index contributed by atoms with van der Waals surface area (Å²) in [7, 11) is 0. The van der Waals surface area contributed by atoms with E-state index in [4.69, 9.17) is 28.9 Å². The van der Waals surface area contributed by atoms with Gasteiger partial charge < -0.3 is 11.1 Å². The maximum Gasteiger partial charge on any atom is 0.229 e. The molecule has 0 spiro atoms. The van der Waals surface area contributed by atoms with E-state index in [1.165, 1.54) is 0 Å². The van der Waals surface area contributed by atoms with Crippen LogP contribution in [0.15, 0.2) is 18.2 Å². The number of benzene rings is 1. The first-order chi connectivity index (χ1) is 8.09. The average molecular weight is 273 g/mol. The van der Waals surface area contributed by atoms with Gasteiger partial charge in [-0.15, -0.1) is 0 Å². The lowest BCUT2D eigenvalue weighted by Gasteiger charge is -2.16. The smallest absolute Gasteiger partial charge is 0.229 e. The van der Waals surface area contributed by atoms with Gasteiger partial charge in [-0.1, -0.05) is 35.7 Å². The predicted molar refractivity (Wildman–Crippen MR) is 70.4 cm³/mol. The second kappa shape index (κ2) is 5.25. The van der Waals surface area contributed by atoms with Crippen molar-refractivity contribution >= 4 is 34.8 Å². The number of carbonyl (C=O) groups is 1. The fraction of sp³-hybridized carbons (Fsp3) is 0.417. The molecular formula is C12H14Cl2N2O. The molecule has 3 nitrogen and oxygen atoms in total. The zero-order valence-electron chi connectivity index (χ0n) is 9.25. The topological polar surface area (TPSA) is 55.1 Å². The molecule has 5 heteroatoms. The van der Waals surface area contributed by atoms with Gasteiger partial charge in [0, 0.05) is 6.04 Å². The van der Waals surface area contributed by atoms with Crippen LogP contribution >= 0.6 is 23.2 Å². The van der Waals surface area contributed by atoms with E-state index in [9.17, 15) is 4.79 Å². The Hall–Kier alpha value is -0.770. The van der Waals surface area contributed by atoms with Crippen LogP contribution in [0.25, 0.3) is 0 Å². The highest BCUT2D eigenvalue weighted by Gasteiger charge is 2.30. The lowest BCUT2D eigenvalue weighted by molar-refractivity contribution is -0.120. The molecular weight excluding hydrogens is 259 g/mol. The molecule has 1 aliphatic rings. The van der Waals surface area contributed by atoms with E-state index in [2.05, 4.69) is 5.32 Å². The zero-order chi connectivity index (χ0) is 12.4. The van der Waals surface area contributed by atoms with E-state index < -0.39 is 0 Å². The van der Waals surface area contributed by atoms with E-state index >= 15 is 0 Å². The summed E-state index contributed by atoms with van der Waals surface area (Å²) in [6.07, 6.45) is 2.75.